The molecule has 1 aromatic rings. The Labute approximate surface area is 84.7 Å². The molecule has 0 radical (unpaired) electrons. The quantitative estimate of drug-likeness (QED) is 0.500. The second-order valence-corrected chi connectivity index (χ2v) is 2.86. The van der Waals surface area contributed by atoms with E-state index < -0.39 is 0 Å². The molecule has 0 saturated heterocycles. The van der Waals surface area contributed by atoms with Crippen LogP contribution in [0.25, 0.3) is 5.70 Å². The van der Waals surface area contributed by atoms with Gasteiger partial charge in [-0.05, 0) is 26.1 Å². The third-order valence-electron chi connectivity index (χ3n) is 1.85. The van der Waals surface area contributed by atoms with E-state index in [2.05, 4.69) is 16.7 Å². The van der Waals surface area contributed by atoms with Crippen LogP contribution in [0.5, 0.6) is 0 Å². The third-order valence-corrected chi connectivity index (χ3v) is 1.85. The minimum Gasteiger partial charge on any atom is -0.250 e. The zero-order valence-corrected chi connectivity index (χ0v) is 8.57. The second kappa shape index (κ2) is 5.12. The molecule has 0 heterocycles. The van der Waals surface area contributed by atoms with Crippen molar-refractivity contribution in [3.05, 3.63) is 42.0 Å². The Balaban J connectivity index is 3.02. The smallest absolute Gasteiger partial charge is 0.125 e. The van der Waals surface area contributed by atoms with Crippen molar-refractivity contribution < 1.29 is 0 Å². The Morgan fingerprint density at radius 3 is 2.43 bits per heavy atom. The van der Waals surface area contributed by atoms with Crippen molar-refractivity contribution in [1.29, 1.82) is 0 Å². The van der Waals surface area contributed by atoms with Gasteiger partial charge in [-0.2, -0.15) is 0 Å². The van der Waals surface area contributed by atoms with Gasteiger partial charge in [-0.15, -0.1) is 0 Å². The highest BCUT2D eigenvalue weighted by Gasteiger charge is 1.97. The van der Waals surface area contributed by atoms with Crippen LogP contribution in [-0.4, -0.2) is 12.6 Å². The number of amidine groups is 1. The maximum atomic E-state index is 4.33. The number of allylic oxidation sites excluding steroid dienone is 1. The van der Waals surface area contributed by atoms with Gasteiger partial charge in [0.2, 0.25) is 0 Å². The van der Waals surface area contributed by atoms with Gasteiger partial charge in [-0.3, -0.25) is 0 Å². The van der Waals surface area contributed by atoms with Gasteiger partial charge in [0, 0.05) is 0 Å². The highest BCUT2D eigenvalue weighted by Crippen LogP contribution is 2.15. The van der Waals surface area contributed by atoms with E-state index in [4.69, 9.17) is 0 Å². The van der Waals surface area contributed by atoms with E-state index in [1.54, 1.807) is 0 Å². The summed E-state index contributed by atoms with van der Waals surface area (Å²) < 4.78 is 0. The van der Waals surface area contributed by atoms with Crippen LogP contribution in [0.2, 0.25) is 0 Å². The van der Waals surface area contributed by atoms with Crippen molar-refractivity contribution in [2.45, 2.75) is 13.8 Å². The maximum Gasteiger partial charge on any atom is 0.125 e. The summed E-state index contributed by atoms with van der Waals surface area (Å²) in [5.74, 6) is 0.682. The minimum atomic E-state index is 0.682. The third kappa shape index (κ3) is 2.66. The summed E-state index contributed by atoms with van der Waals surface area (Å²) in [6.45, 7) is 7.23. The second-order valence-electron chi connectivity index (χ2n) is 2.86. The topological polar surface area (TPSA) is 24.7 Å². The normalized spacial score (nSPS) is 12.7. The molecule has 1 rings (SSSR count). The van der Waals surface area contributed by atoms with Gasteiger partial charge in [0.1, 0.15) is 5.84 Å². The molecule has 0 saturated carbocycles. The molecule has 14 heavy (non-hydrogen) atoms. The summed E-state index contributed by atoms with van der Waals surface area (Å²) in [7, 11) is 0. The number of benzene rings is 1. The first kappa shape index (κ1) is 10.4. The first-order valence-corrected chi connectivity index (χ1v) is 4.51. The SMILES string of the molecule is C=NC(C)=N/C(=C\C)c1ccccc1. The van der Waals surface area contributed by atoms with Crippen LogP contribution in [0, 0.1) is 0 Å². The van der Waals surface area contributed by atoms with Crippen LogP contribution < -0.4 is 0 Å². The molecule has 0 unspecified atom stereocenters. The van der Waals surface area contributed by atoms with Crippen molar-refractivity contribution in [3.8, 4) is 0 Å². The molecule has 0 fully saturated rings. The molecule has 0 aliphatic heterocycles. The first-order chi connectivity index (χ1) is 6.77. The molecule has 0 spiro atoms. The Bertz CT molecular complexity index is 361. The monoisotopic (exact) mass is 186 g/mol. The van der Waals surface area contributed by atoms with E-state index in [1.807, 2.05) is 50.3 Å². The number of nitrogens with zero attached hydrogens (tertiary/aromatic N) is 2. The lowest BCUT2D eigenvalue weighted by Gasteiger charge is -2.01. The van der Waals surface area contributed by atoms with Gasteiger partial charge in [0.25, 0.3) is 0 Å². The Kier molecular flexibility index (Phi) is 3.80. The Morgan fingerprint density at radius 2 is 1.93 bits per heavy atom. The van der Waals surface area contributed by atoms with Crippen molar-refractivity contribution in [1.82, 2.24) is 0 Å². The van der Waals surface area contributed by atoms with Crippen LogP contribution in [0.1, 0.15) is 19.4 Å². The lowest BCUT2D eigenvalue weighted by molar-refractivity contribution is 1.43. The number of hydrogen-bond donors (Lipinski definition) is 0. The number of rotatable bonds is 2. The first-order valence-electron chi connectivity index (χ1n) is 4.51. The molecule has 0 N–H and O–H groups in total. The molecule has 72 valence electrons. The average molecular weight is 186 g/mol. The summed E-state index contributed by atoms with van der Waals surface area (Å²) in [6.07, 6.45) is 1.96. The fourth-order valence-electron chi connectivity index (χ4n) is 1.11. The molecule has 2 nitrogen and oxygen atoms in total. The summed E-state index contributed by atoms with van der Waals surface area (Å²) >= 11 is 0. The van der Waals surface area contributed by atoms with Crippen molar-refractivity contribution in [3.63, 3.8) is 0 Å². The molecule has 0 aliphatic rings. The van der Waals surface area contributed by atoms with Crippen LogP contribution in [0.3, 0.4) is 0 Å². The van der Waals surface area contributed by atoms with Crippen LogP contribution in [0.15, 0.2) is 46.4 Å². The molecular formula is C12H14N2. The molecule has 0 aromatic heterocycles. The molecule has 0 atom stereocenters. The van der Waals surface area contributed by atoms with Gasteiger partial charge in [0.15, 0.2) is 0 Å². The highest BCUT2D eigenvalue weighted by molar-refractivity contribution is 5.89. The fourth-order valence-corrected chi connectivity index (χ4v) is 1.11. The van der Waals surface area contributed by atoms with E-state index in [1.165, 1.54) is 0 Å². The van der Waals surface area contributed by atoms with Crippen LogP contribution in [0.4, 0.5) is 0 Å². The predicted octanol–water partition coefficient (Wildman–Crippen LogP) is 3.17. The number of hydrogen-bond acceptors (Lipinski definition) is 1. The van der Waals surface area contributed by atoms with Gasteiger partial charge in [0.05, 0.1) is 5.70 Å². The van der Waals surface area contributed by atoms with Crippen LogP contribution >= 0.6 is 0 Å². The molecule has 1 aromatic carbocycles. The Morgan fingerprint density at radius 1 is 1.29 bits per heavy atom. The lowest BCUT2D eigenvalue weighted by Crippen LogP contribution is -1.87. The average Bonchev–Trinajstić information content (AvgIpc) is 2.26. The zero-order chi connectivity index (χ0) is 10.4. The largest absolute Gasteiger partial charge is 0.250 e. The van der Waals surface area contributed by atoms with E-state index in [9.17, 15) is 0 Å². The highest BCUT2D eigenvalue weighted by atomic mass is 14.9. The Hall–Kier alpha value is -1.70. The van der Waals surface area contributed by atoms with Crippen molar-refractivity contribution in [2.75, 3.05) is 0 Å². The fraction of sp³-hybridized carbons (Fsp3) is 0.167. The predicted molar refractivity (Wildman–Crippen MR) is 62.8 cm³/mol. The van der Waals surface area contributed by atoms with E-state index in [0.29, 0.717) is 5.84 Å². The van der Waals surface area contributed by atoms with E-state index in [0.717, 1.165) is 11.3 Å². The molecular weight excluding hydrogens is 172 g/mol. The molecule has 0 bridgehead atoms. The maximum absolute atomic E-state index is 4.33. The van der Waals surface area contributed by atoms with Gasteiger partial charge in [-0.1, -0.05) is 36.4 Å². The zero-order valence-electron chi connectivity index (χ0n) is 8.57. The van der Waals surface area contributed by atoms with Gasteiger partial charge < -0.3 is 0 Å². The van der Waals surface area contributed by atoms with E-state index >= 15 is 0 Å². The summed E-state index contributed by atoms with van der Waals surface area (Å²) in [5.41, 5.74) is 2.02. The molecule has 0 aliphatic carbocycles. The molecule has 2 heteroatoms. The summed E-state index contributed by atoms with van der Waals surface area (Å²) in [4.78, 5) is 8.09. The number of aliphatic imine (C=N–C) groups is 2. The van der Waals surface area contributed by atoms with E-state index in [-0.39, 0.29) is 0 Å². The summed E-state index contributed by atoms with van der Waals surface area (Å²) in [5, 5.41) is 0. The minimum absolute atomic E-state index is 0.682. The van der Waals surface area contributed by atoms with Crippen molar-refractivity contribution >= 4 is 18.3 Å². The van der Waals surface area contributed by atoms with Gasteiger partial charge >= 0.3 is 0 Å². The molecule has 0 amide bonds. The standard InChI is InChI=1S/C12H14N2/c1-4-12(14-10(2)13-3)11-8-6-5-7-9-11/h4-9H,3H2,1-2H3/b12-4-,14-10?. The lowest BCUT2D eigenvalue weighted by atomic mass is 10.1. The van der Waals surface area contributed by atoms with Crippen molar-refractivity contribution in [2.24, 2.45) is 9.98 Å². The van der Waals surface area contributed by atoms with Crippen LogP contribution in [-0.2, 0) is 0 Å². The summed E-state index contributed by atoms with van der Waals surface area (Å²) in [6, 6.07) is 10.0. The van der Waals surface area contributed by atoms with Gasteiger partial charge in [-0.25, -0.2) is 9.98 Å².